The molecule has 2 heterocycles. The Morgan fingerprint density at radius 2 is 2.00 bits per heavy atom. The van der Waals surface area contributed by atoms with Crippen LogP contribution in [0.25, 0.3) is 0 Å². The third kappa shape index (κ3) is 3.75. The monoisotopic (exact) mass is 376 g/mol. The van der Waals surface area contributed by atoms with Gasteiger partial charge in [0.1, 0.15) is 33.9 Å². The molecule has 0 fully saturated rings. The number of esters is 2. The van der Waals surface area contributed by atoms with Gasteiger partial charge in [-0.05, 0) is 26.3 Å². The quantitative estimate of drug-likeness (QED) is 0.786. The maximum Gasteiger partial charge on any atom is 0.348 e. The summed E-state index contributed by atoms with van der Waals surface area (Å²) in [5.74, 6) is -1.27. The molecule has 26 heavy (non-hydrogen) atoms. The van der Waals surface area contributed by atoms with Gasteiger partial charge in [-0.1, -0.05) is 0 Å². The van der Waals surface area contributed by atoms with Crippen LogP contribution in [0.1, 0.15) is 49.4 Å². The highest BCUT2D eigenvalue weighted by molar-refractivity contribution is 7.18. The van der Waals surface area contributed by atoms with Gasteiger partial charge in [-0.25, -0.2) is 14.4 Å². The molecule has 0 aliphatic rings. The van der Waals surface area contributed by atoms with Crippen molar-refractivity contribution >= 4 is 28.3 Å². The molecule has 0 aliphatic heterocycles. The maximum atomic E-state index is 12.4. The number of ether oxygens (including phenoxy) is 2. The molecule has 2 N–H and O–H groups in total. The molecule has 0 amide bonds. The van der Waals surface area contributed by atoms with E-state index >= 15 is 0 Å². The number of hydrogen-bond donors (Lipinski definition) is 1. The summed E-state index contributed by atoms with van der Waals surface area (Å²) in [5, 5.41) is 9.40. The molecule has 0 unspecified atom stereocenters. The smallest absolute Gasteiger partial charge is 0.348 e. The predicted octanol–water partition coefficient (Wildman–Crippen LogP) is 2.31. The van der Waals surface area contributed by atoms with Gasteiger partial charge in [-0.15, -0.1) is 11.3 Å². The molecule has 0 saturated carbocycles. The van der Waals surface area contributed by atoms with Gasteiger partial charge < -0.3 is 19.6 Å². The molecular weight excluding hydrogens is 360 g/mol. The lowest BCUT2D eigenvalue weighted by Crippen LogP contribution is -2.14. The van der Waals surface area contributed by atoms with Crippen LogP contribution in [-0.2, 0) is 16.1 Å². The van der Waals surface area contributed by atoms with Crippen molar-refractivity contribution in [1.29, 1.82) is 5.26 Å². The van der Waals surface area contributed by atoms with Gasteiger partial charge in [-0.2, -0.15) is 5.26 Å². The molecule has 0 radical (unpaired) electrons. The van der Waals surface area contributed by atoms with Crippen LogP contribution >= 0.6 is 11.3 Å². The summed E-state index contributed by atoms with van der Waals surface area (Å²) in [4.78, 5) is 35.8. The van der Waals surface area contributed by atoms with Crippen molar-refractivity contribution in [2.45, 2.75) is 27.4 Å². The molecule has 0 saturated heterocycles. The van der Waals surface area contributed by atoms with Crippen LogP contribution in [0.5, 0.6) is 0 Å². The highest BCUT2D eigenvalue weighted by Crippen LogP contribution is 2.32. The van der Waals surface area contributed by atoms with Crippen molar-refractivity contribution in [2.75, 3.05) is 12.3 Å². The van der Waals surface area contributed by atoms with E-state index in [1.54, 1.807) is 13.8 Å². The molecule has 0 bridgehead atoms. The number of rotatable bonds is 5. The van der Waals surface area contributed by atoms with Crippen molar-refractivity contribution in [3.63, 3.8) is 0 Å². The average Bonchev–Trinajstić information content (AvgIpc) is 2.87. The first-order valence-electron chi connectivity index (χ1n) is 7.56. The summed E-state index contributed by atoms with van der Waals surface area (Å²) in [5.41, 5.74) is 5.97. The Labute approximate surface area is 152 Å². The summed E-state index contributed by atoms with van der Waals surface area (Å²) < 4.78 is 15.1. The molecule has 0 aliphatic carbocycles. The number of nitrogen functional groups attached to an aromatic ring is 1. The Hall–Kier alpha value is -3.12. The third-order valence-corrected chi connectivity index (χ3v) is 4.53. The van der Waals surface area contributed by atoms with Crippen LogP contribution in [0.3, 0.4) is 0 Å². The van der Waals surface area contributed by atoms with Crippen LogP contribution in [0.2, 0.25) is 0 Å². The van der Waals surface area contributed by atoms with E-state index in [4.69, 9.17) is 19.6 Å². The lowest BCUT2D eigenvalue weighted by atomic mass is 10.1. The Morgan fingerprint density at radius 1 is 1.31 bits per heavy atom. The van der Waals surface area contributed by atoms with Gasteiger partial charge in [0.2, 0.25) is 0 Å². The van der Waals surface area contributed by atoms with Crippen LogP contribution in [0, 0.1) is 25.2 Å². The van der Waals surface area contributed by atoms with E-state index in [-0.39, 0.29) is 45.5 Å². The van der Waals surface area contributed by atoms with Crippen LogP contribution < -0.4 is 11.4 Å². The van der Waals surface area contributed by atoms with Crippen LogP contribution in [0.15, 0.2) is 15.3 Å². The third-order valence-electron chi connectivity index (χ3n) is 3.49. The summed E-state index contributed by atoms with van der Waals surface area (Å²) in [6, 6.07) is 3.08. The zero-order valence-electron chi connectivity index (χ0n) is 14.4. The van der Waals surface area contributed by atoms with Gasteiger partial charge in [0.15, 0.2) is 0 Å². The first kappa shape index (κ1) is 19.2. The summed E-state index contributed by atoms with van der Waals surface area (Å²) >= 11 is 0.899. The highest BCUT2D eigenvalue weighted by atomic mass is 32.1. The van der Waals surface area contributed by atoms with E-state index in [0.29, 0.717) is 5.56 Å². The number of aryl methyl sites for hydroxylation is 2. The molecule has 2 rings (SSSR count). The summed E-state index contributed by atoms with van der Waals surface area (Å²) in [6.07, 6.45) is 0. The second-order valence-corrected chi connectivity index (χ2v) is 6.29. The molecule has 0 spiro atoms. The van der Waals surface area contributed by atoms with Crippen LogP contribution in [0.4, 0.5) is 5.00 Å². The number of nitriles is 1. The van der Waals surface area contributed by atoms with Crippen molar-refractivity contribution in [1.82, 2.24) is 0 Å². The number of carbonyl (C=O) groups is 2. The minimum absolute atomic E-state index is 0.0684. The predicted molar refractivity (Wildman–Crippen MR) is 93.0 cm³/mol. The fourth-order valence-corrected chi connectivity index (χ4v) is 3.30. The Bertz CT molecular complexity index is 941. The van der Waals surface area contributed by atoms with Gasteiger partial charge in [0, 0.05) is 11.6 Å². The Kier molecular flexibility index (Phi) is 5.79. The molecule has 0 atom stereocenters. The second-order valence-electron chi connectivity index (χ2n) is 5.24. The number of carbonyl (C=O) groups excluding carboxylic acids is 2. The second kappa shape index (κ2) is 7.84. The zero-order chi connectivity index (χ0) is 19.4. The molecule has 136 valence electrons. The molecule has 2 aromatic heterocycles. The lowest BCUT2D eigenvalue weighted by Gasteiger charge is -2.09. The standard InChI is InChI=1S/C17H16N2O6S/c1-4-23-17(22)14-11(10(6-18)15(19)26-14)7-24-16(21)13-8(2)5-12(20)25-9(13)3/h5H,4,7,19H2,1-3H3. The van der Waals surface area contributed by atoms with Gasteiger partial charge in [-0.3, -0.25) is 0 Å². The summed E-state index contributed by atoms with van der Waals surface area (Å²) in [7, 11) is 0. The fourth-order valence-electron chi connectivity index (χ4n) is 2.38. The Balaban J connectivity index is 2.32. The molecule has 9 heteroatoms. The molecule has 0 aromatic carbocycles. The van der Waals surface area contributed by atoms with Crippen LogP contribution in [-0.4, -0.2) is 18.5 Å². The van der Waals surface area contributed by atoms with Crippen molar-refractivity contribution in [2.24, 2.45) is 0 Å². The molecule has 8 nitrogen and oxygen atoms in total. The number of thiophene rings is 1. The first-order valence-corrected chi connectivity index (χ1v) is 8.38. The minimum atomic E-state index is -0.743. The largest absolute Gasteiger partial charge is 0.462 e. The number of hydrogen-bond acceptors (Lipinski definition) is 9. The maximum absolute atomic E-state index is 12.4. The van der Waals surface area contributed by atoms with Crippen molar-refractivity contribution in [3.8, 4) is 6.07 Å². The molecular formula is C17H16N2O6S. The average molecular weight is 376 g/mol. The fraction of sp³-hybridized carbons (Fsp3) is 0.294. The van der Waals surface area contributed by atoms with Gasteiger partial charge in [0.25, 0.3) is 0 Å². The summed E-state index contributed by atoms with van der Waals surface area (Å²) in [6.45, 7) is 4.50. The normalized spacial score (nSPS) is 10.2. The van der Waals surface area contributed by atoms with E-state index < -0.39 is 17.6 Å². The van der Waals surface area contributed by atoms with E-state index in [9.17, 15) is 19.6 Å². The topological polar surface area (TPSA) is 133 Å². The van der Waals surface area contributed by atoms with E-state index in [2.05, 4.69) is 0 Å². The minimum Gasteiger partial charge on any atom is -0.462 e. The van der Waals surface area contributed by atoms with Gasteiger partial charge >= 0.3 is 17.6 Å². The Morgan fingerprint density at radius 3 is 2.58 bits per heavy atom. The van der Waals surface area contributed by atoms with E-state index in [0.717, 1.165) is 11.3 Å². The SMILES string of the molecule is CCOC(=O)c1sc(N)c(C#N)c1COC(=O)c1c(C)cc(=O)oc1C. The molecule has 2 aromatic rings. The van der Waals surface area contributed by atoms with E-state index in [1.807, 2.05) is 6.07 Å². The highest BCUT2D eigenvalue weighted by Gasteiger charge is 2.25. The van der Waals surface area contributed by atoms with Crippen molar-refractivity contribution < 1.29 is 23.5 Å². The number of nitrogens with zero attached hydrogens (tertiary/aromatic N) is 1. The lowest BCUT2D eigenvalue weighted by molar-refractivity contribution is 0.0448. The van der Waals surface area contributed by atoms with E-state index in [1.165, 1.54) is 13.0 Å². The van der Waals surface area contributed by atoms with Crippen molar-refractivity contribution in [3.05, 3.63) is 49.4 Å². The van der Waals surface area contributed by atoms with Gasteiger partial charge in [0.05, 0.1) is 12.2 Å². The number of nitrogens with two attached hydrogens (primary N) is 1. The first-order chi connectivity index (χ1) is 12.3. The zero-order valence-corrected chi connectivity index (χ0v) is 15.2. The number of anilines is 1.